The van der Waals surface area contributed by atoms with Crippen LogP contribution in [-0.2, 0) is 11.4 Å². The van der Waals surface area contributed by atoms with Gasteiger partial charge in [0.25, 0.3) is 5.91 Å². The van der Waals surface area contributed by atoms with Gasteiger partial charge in [0.15, 0.2) is 18.1 Å². The molecule has 0 aliphatic rings. The van der Waals surface area contributed by atoms with Gasteiger partial charge >= 0.3 is 0 Å². The highest BCUT2D eigenvalue weighted by atomic mass is 79.9. The highest BCUT2D eigenvalue weighted by Gasteiger charge is 2.11. The Hall–Kier alpha value is -4.35. The summed E-state index contributed by atoms with van der Waals surface area (Å²) in [6.07, 6.45) is 1.50. The predicted octanol–water partition coefficient (Wildman–Crippen LogP) is 5.59. The molecule has 4 rings (SSSR count). The Kier molecular flexibility index (Phi) is 8.16. The van der Waals surface area contributed by atoms with Crippen LogP contribution in [0.25, 0.3) is 10.8 Å². The molecule has 0 heterocycles. The number of carbonyl (C=O) groups is 1. The molecule has 0 aliphatic carbocycles. The number of nitrogens with one attached hydrogen (secondary N) is 1. The van der Waals surface area contributed by atoms with Crippen molar-refractivity contribution in [2.45, 2.75) is 6.61 Å². The van der Waals surface area contributed by atoms with E-state index < -0.39 is 5.91 Å². The van der Waals surface area contributed by atoms with E-state index in [1.807, 2.05) is 60.7 Å². The highest BCUT2D eigenvalue weighted by Crippen LogP contribution is 2.33. The molecule has 7 nitrogen and oxygen atoms in total. The van der Waals surface area contributed by atoms with Crippen molar-refractivity contribution in [1.82, 2.24) is 5.43 Å². The molecule has 4 aromatic rings. The summed E-state index contributed by atoms with van der Waals surface area (Å²) in [5.74, 6) is 1.23. The van der Waals surface area contributed by atoms with E-state index in [1.54, 1.807) is 18.2 Å². The molecule has 8 heteroatoms. The molecular formula is C28H22BrN3O4. The summed E-state index contributed by atoms with van der Waals surface area (Å²) in [7, 11) is 1.53. The average Bonchev–Trinajstić information content (AvgIpc) is 2.91. The smallest absolute Gasteiger partial charge is 0.277 e. The molecule has 0 saturated carbocycles. The van der Waals surface area contributed by atoms with Crippen LogP contribution >= 0.6 is 15.9 Å². The van der Waals surface area contributed by atoms with Crippen LogP contribution in [0.15, 0.2) is 88.4 Å². The number of ether oxygens (including phenoxy) is 3. The first-order chi connectivity index (χ1) is 17.6. The number of benzene rings is 4. The van der Waals surface area contributed by atoms with Gasteiger partial charge in [0.2, 0.25) is 0 Å². The molecule has 0 saturated heterocycles. The maximum absolute atomic E-state index is 12.2. The fraction of sp³-hybridized carbons (Fsp3) is 0.107. The number of hydrogen-bond acceptors (Lipinski definition) is 6. The average molecular weight is 544 g/mol. The number of rotatable bonds is 9. The Morgan fingerprint density at radius 1 is 1.00 bits per heavy atom. The third kappa shape index (κ3) is 6.01. The van der Waals surface area contributed by atoms with E-state index in [2.05, 4.69) is 32.5 Å². The van der Waals surface area contributed by atoms with Gasteiger partial charge in [-0.25, -0.2) is 5.43 Å². The fourth-order valence-corrected chi connectivity index (χ4v) is 3.93. The lowest BCUT2D eigenvalue weighted by atomic mass is 10.1. The van der Waals surface area contributed by atoms with E-state index >= 15 is 0 Å². The second kappa shape index (κ2) is 11.9. The van der Waals surface area contributed by atoms with Gasteiger partial charge in [-0.05, 0) is 45.6 Å². The Balaban J connectivity index is 1.37. The topological polar surface area (TPSA) is 92.9 Å². The lowest BCUT2D eigenvalue weighted by Crippen LogP contribution is -2.24. The van der Waals surface area contributed by atoms with Crippen LogP contribution in [0, 0.1) is 11.3 Å². The van der Waals surface area contributed by atoms with Crippen molar-refractivity contribution in [2.75, 3.05) is 13.7 Å². The van der Waals surface area contributed by atoms with Gasteiger partial charge in [0.1, 0.15) is 12.4 Å². The molecule has 0 fully saturated rings. The number of carbonyl (C=O) groups excluding carboxylic acids is 1. The molecule has 0 radical (unpaired) electrons. The second-order valence-corrected chi connectivity index (χ2v) is 8.50. The number of nitriles is 1. The van der Waals surface area contributed by atoms with Gasteiger partial charge in [-0.15, -0.1) is 0 Å². The lowest BCUT2D eigenvalue weighted by molar-refractivity contribution is -0.123. The van der Waals surface area contributed by atoms with Crippen LogP contribution < -0.4 is 19.6 Å². The number of fused-ring (bicyclic) bond motifs is 1. The molecule has 0 unspecified atom stereocenters. The quantitative estimate of drug-likeness (QED) is 0.219. The standard InChI is InChI=1S/C28H22BrN3O4/c1-34-26-13-22(24(29)14-27(26)35-17-21-9-3-2-8-20(21)15-30)16-31-32-28(33)18-36-25-12-6-10-19-7-4-5-11-23(19)25/h2-14,16H,17-18H2,1H3,(H,32,33)/b31-16+. The second-order valence-electron chi connectivity index (χ2n) is 7.64. The molecule has 1 N–H and O–H groups in total. The molecule has 1 amide bonds. The van der Waals surface area contributed by atoms with E-state index in [1.165, 1.54) is 13.3 Å². The maximum atomic E-state index is 12.2. The van der Waals surface area contributed by atoms with E-state index in [0.29, 0.717) is 32.8 Å². The molecule has 0 bridgehead atoms. The Labute approximate surface area is 217 Å². The Bertz CT molecular complexity index is 1460. The summed E-state index contributed by atoms with van der Waals surface area (Å²) in [5.41, 5.74) is 4.47. The summed E-state index contributed by atoms with van der Waals surface area (Å²) in [6.45, 7) is 0.0412. The first kappa shape index (κ1) is 24.8. The first-order valence-corrected chi connectivity index (χ1v) is 11.8. The van der Waals surface area contributed by atoms with Crippen LogP contribution in [0.3, 0.4) is 0 Å². The minimum atomic E-state index is -0.390. The summed E-state index contributed by atoms with van der Waals surface area (Å²) in [6, 6.07) is 26.4. The molecule has 4 aromatic carbocycles. The van der Waals surface area contributed by atoms with Crippen molar-refractivity contribution in [3.63, 3.8) is 0 Å². The molecule has 36 heavy (non-hydrogen) atoms. The van der Waals surface area contributed by atoms with Crippen molar-refractivity contribution in [3.05, 3.63) is 100 Å². The molecule has 180 valence electrons. The van der Waals surface area contributed by atoms with Crippen molar-refractivity contribution >= 4 is 38.8 Å². The largest absolute Gasteiger partial charge is 0.493 e. The predicted molar refractivity (Wildman–Crippen MR) is 141 cm³/mol. The number of amides is 1. The van der Waals surface area contributed by atoms with Gasteiger partial charge < -0.3 is 14.2 Å². The number of halogens is 1. The first-order valence-electron chi connectivity index (χ1n) is 11.0. The highest BCUT2D eigenvalue weighted by molar-refractivity contribution is 9.10. The van der Waals surface area contributed by atoms with Gasteiger partial charge in [0, 0.05) is 21.0 Å². The third-order valence-electron chi connectivity index (χ3n) is 5.31. The minimum Gasteiger partial charge on any atom is -0.493 e. The van der Waals surface area contributed by atoms with Crippen LogP contribution in [0.1, 0.15) is 16.7 Å². The Morgan fingerprint density at radius 3 is 2.61 bits per heavy atom. The number of nitrogens with zero attached hydrogens (tertiary/aromatic N) is 2. The van der Waals surface area contributed by atoms with E-state index in [-0.39, 0.29) is 13.2 Å². The minimum absolute atomic E-state index is 0.174. The Morgan fingerprint density at radius 2 is 1.78 bits per heavy atom. The van der Waals surface area contributed by atoms with Gasteiger partial charge in [-0.2, -0.15) is 10.4 Å². The van der Waals surface area contributed by atoms with E-state index in [4.69, 9.17) is 14.2 Å². The van der Waals surface area contributed by atoms with Gasteiger partial charge in [-0.1, -0.05) is 54.6 Å². The molecule has 0 atom stereocenters. The van der Waals surface area contributed by atoms with E-state index in [0.717, 1.165) is 16.3 Å². The van der Waals surface area contributed by atoms with Crippen LogP contribution in [0.2, 0.25) is 0 Å². The molecule has 0 aliphatic heterocycles. The van der Waals surface area contributed by atoms with Crippen molar-refractivity contribution in [2.24, 2.45) is 5.10 Å². The van der Waals surface area contributed by atoms with E-state index in [9.17, 15) is 10.1 Å². The van der Waals surface area contributed by atoms with Gasteiger partial charge in [-0.3, -0.25) is 4.79 Å². The fourth-order valence-electron chi connectivity index (χ4n) is 3.50. The lowest BCUT2D eigenvalue weighted by Gasteiger charge is -2.13. The third-order valence-corrected chi connectivity index (χ3v) is 5.99. The molecular weight excluding hydrogens is 522 g/mol. The number of hydrogen-bond donors (Lipinski definition) is 1. The summed E-state index contributed by atoms with van der Waals surface area (Å²) >= 11 is 3.50. The summed E-state index contributed by atoms with van der Waals surface area (Å²) in [5, 5.41) is 15.3. The summed E-state index contributed by atoms with van der Waals surface area (Å²) in [4.78, 5) is 12.2. The normalized spacial score (nSPS) is 10.7. The number of hydrazone groups is 1. The SMILES string of the molecule is COc1cc(/C=N/NC(=O)COc2cccc3ccccc23)c(Br)cc1OCc1ccccc1C#N. The monoisotopic (exact) mass is 543 g/mol. The zero-order valence-corrected chi connectivity index (χ0v) is 21.0. The van der Waals surface area contributed by atoms with Gasteiger partial charge in [0.05, 0.1) is 25.0 Å². The molecule has 0 aromatic heterocycles. The van der Waals surface area contributed by atoms with Crippen LogP contribution in [-0.4, -0.2) is 25.8 Å². The molecule has 0 spiro atoms. The van der Waals surface area contributed by atoms with Crippen molar-refractivity contribution in [3.8, 4) is 23.3 Å². The van der Waals surface area contributed by atoms with Crippen LogP contribution in [0.5, 0.6) is 17.2 Å². The summed E-state index contributed by atoms with van der Waals surface area (Å²) < 4.78 is 17.7. The zero-order chi connectivity index (χ0) is 25.3. The van der Waals surface area contributed by atoms with Crippen molar-refractivity contribution < 1.29 is 19.0 Å². The number of methoxy groups -OCH3 is 1. The maximum Gasteiger partial charge on any atom is 0.277 e. The van der Waals surface area contributed by atoms with Crippen LogP contribution in [0.4, 0.5) is 0 Å². The zero-order valence-electron chi connectivity index (χ0n) is 19.4. The van der Waals surface area contributed by atoms with Crippen molar-refractivity contribution in [1.29, 1.82) is 5.26 Å².